The van der Waals surface area contributed by atoms with E-state index in [2.05, 4.69) is 19.9 Å². The smallest absolute Gasteiger partial charge is 0.392 e. The minimum absolute atomic E-state index is 0.106. The van der Waals surface area contributed by atoms with Crippen LogP contribution in [-0.2, 0) is 12.6 Å². The lowest BCUT2D eigenvalue weighted by atomic mass is 9.47. The van der Waals surface area contributed by atoms with Crippen molar-refractivity contribution in [3.63, 3.8) is 0 Å². The summed E-state index contributed by atoms with van der Waals surface area (Å²) in [6.45, 7) is 4.94. The van der Waals surface area contributed by atoms with Gasteiger partial charge in [-0.1, -0.05) is 44.1 Å². The molecule has 1 N–H and O–H groups in total. The second-order valence-electron chi connectivity index (χ2n) is 11.5. The first-order valence-corrected chi connectivity index (χ1v) is 12.1. The number of alkyl halides is 3. The van der Waals surface area contributed by atoms with E-state index in [9.17, 15) is 18.3 Å². The standard InChI is InChI=1S/C27H35F3O/c1-25-12-3-4-22(25)21-10-9-20-15-24(31)18(16-26(20,2)23(21)11-13-25)14-17-5-7-19(8-6-17)27(28,29)30/h5-9,18,21-24,31H,3-4,10-16H2,1-2H3/t18?,21-,22-,23-,24+,25-,26-/m0/s1. The van der Waals surface area contributed by atoms with Crippen molar-refractivity contribution in [3.05, 3.63) is 47.0 Å². The van der Waals surface area contributed by atoms with E-state index < -0.39 is 17.8 Å². The molecule has 4 aliphatic carbocycles. The number of hydrogen-bond donors (Lipinski definition) is 1. The molecule has 1 unspecified atom stereocenters. The molecule has 0 amide bonds. The first-order chi connectivity index (χ1) is 14.6. The maximum atomic E-state index is 12.9. The summed E-state index contributed by atoms with van der Waals surface area (Å²) in [5, 5.41) is 10.9. The molecule has 4 heteroatoms. The van der Waals surface area contributed by atoms with Gasteiger partial charge in [0.2, 0.25) is 0 Å². The van der Waals surface area contributed by atoms with Crippen molar-refractivity contribution in [2.45, 2.75) is 83.9 Å². The number of aliphatic hydroxyl groups excluding tert-OH is 1. The number of halogens is 3. The summed E-state index contributed by atoms with van der Waals surface area (Å²) in [5.74, 6) is 2.39. The van der Waals surface area contributed by atoms with Crippen molar-refractivity contribution in [2.75, 3.05) is 0 Å². The van der Waals surface area contributed by atoms with Crippen molar-refractivity contribution < 1.29 is 18.3 Å². The first-order valence-electron chi connectivity index (χ1n) is 12.1. The molecule has 4 aliphatic rings. The molecule has 1 aromatic carbocycles. The van der Waals surface area contributed by atoms with Gasteiger partial charge < -0.3 is 5.11 Å². The van der Waals surface area contributed by atoms with Crippen molar-refractivity contribution in [3.8, 4) is 0 Å². The highest BCUT2D eigenvalue weighted by molar-refractivity contribution is 5.28. The van der Waals surface area contributed by atoms with Gasteiger partial charge in [0, 0.05) is 0 Å². The fourth-order valence-electron chi connectivity index (χ4n) is 8.16. The Kier molecular flexibility index (Phi) is 5.12. The third-order valence-corrected chi connectivity index (χ3v) is 9.85. The van der Waals surface area contributed by atoms with Gasteiger partial charge in [-0.3, -0.25) is 0 Å². The molecule has 3 saturated carbocycles. The van der Waals surface area contributed by atoms with Crippen molar-refractivity contribution in [2.24, 2.45) is 34.5 Å². The van der Waals surface area contributed by atoms with E-state index in [1.807, 2.05) is 0 Å². The molecule has 0 spiro atoms. The van der Waals surface area contributed by atoms with E-state index in [0.717, 1.165) is 30.2 Å². The third-order valence-electron chi connectivity index (χ3n) is 9.85. The molecule has 5 rings (SSSR count). The molecule has 0 aromatic heterocycles. The van der Waals surface area contributed by atoms with Crippen LogP contribution in [0, 0.1) is 34.5 Å². The summed E-state index contributed by atoms with van der Waals surface area (Å²) >= 11 is 0. The van der Waals surface area contributed by atoms with Crippen molar-refractivity contribution in [1.82, 2.24) is 0 Å². The summed E-state index contributed by atoms with van der Waals surface area (Å²) < 4.78 is 38.7. The zero-order chi connectivity index (χ0) is 22.0. The SMILES string of the molecule is C[C@@]12CCC[C@H]1[C@@H]1CC=C3C[C@@H](O)C(Cc4ccc(C(F)(F)F)cc4)C[C@]3(C)[C@H]1CC2. The van der Waals surface area contributed by atoms with Crippen LogP contribution in [0.15, 0.2) is 35.9 Å². The average Bonchev–Trinajstić information content (AvgIpc) is 3.10. The van der Waals surface area contributed by atoms with Gasteiger partial charge in [0.15, 0.2) is 0 Å². The van der Waals surface area contributed by atoms with Gasteiger partial charge in [-0.2, -0.15) is 13.2 Å². The zero-order valence-corrected chi connectivity index (χ0v) is 18.7. The van der Waals surface area contributed by atoms with Crippen LogP contribution in [0.25, 0.3) is 0 Å². The van der Waals surface area contributed by atoms with Crippen LogP contribution < -0.4 is 0 Å². The molecule has 31 heavy (non-hydrogen) atoms. The average molecular weight is 433 g/mol. The van der Waals surface area contributed by atoms with E-state index in [1.54, 1.807) is 12.1 Å². The Morgan fingerprint density at radius 3 is 2.48 bits per heavy atom. The molecule has 0 bridgehead atoms. The summed E-state index contributed by atoms with van der Waals surface area (Å²) in [7, 11) is 0. The Morgan fingerprint density at radius 1 is 1.03 bits per heavy atom. The second-order valence-corrected chi connectivity index (χ2v) is 11.5. The fourth-order valence-corrected chi connectivity index (χ4v) is 8.16. The Bertz CT molecular complexity index is 856. The van der Waals surface area contributed by atoms with Gasteiger partial charge >= 0.3 is 6.18 Å². The Hall–Kier alpha value is -1.29. The van der Waals surface area contributed by atoms with Gasteiger partial charge in [-0.25, -0.2) is 0 Å². The van der Waals surface area contributed by atoms with E-state index in [4.69, 9.17) is 0 Å². The number of allylic oxidation sites excluding steroid dienone is 1. The molecular formula is C27H35F3O. The van der Waals surface area contributed by atoms with Crippen LogP contribution in [0.1, 0.15) is 76.3 Å². The van der Waals surface area contributed by atoms with Gasteiger partial charge in [0.05, 0.1) is 11.7 Å². The summed E-state index contributed by atoms with van der Waals surface area (Å²) in [6.07, 6.45) is 7.99. The molecule has 0 radical (unpaired) electrons. The zero-order valence-electron chi connectivity index (χ0n) is 18.7. The van der Waals surface area contributed by atoms with Crippen LogP contribution in [-0.4, -0.2) is 11.2 Å². The lowest BCUT2D eigenvalue weighted by Crippen LogP contribution is -2.51. The molecule has 170 valence electrons. The quantitative estimate of drug-likeness (QED) is 0.491. The van der Waals surface area contributed by atoms with E-state index in [-0.39, 0.29) is 11.3 Å². The van der Waals surface area contributed by atoms with Gasteiger partial charge in [-0.15, -0.1) is 0 Å². The molecule has 7 atom stereocenters. The van der Waals surface area contributed by atoms with E-state index in [1.165, 1.54) is 56.2 Å². The van der Waals surface area contributed by atoms with Gasteiger partial charge in [0.1, 0.15) is 0 Å². The Morgan fingerprint density at radius 2 is 1.77 bits per heavy atom. The number of fused-ring (bicyclic) bond motifs is 5. The normalized spacial score (nSPS) is 42.4. The minimum atomic E-state index is -4.30. The summed E-state index contributed by atoms with van der Waals surface area (Å²) in [6, 6.07) is 5.54. The Labute approximate surface area is 184 Å². The second kappa shape index (κ2) is 7.37. The van der Waals surface area contributed by atoms with Crippen LogP contribution in [0.3, 0.4) is 0 Å². The van der Waals surface area contributed by atoms with Crippen molar-refractivity contribution in [1.29, 1.82) is 0 Å². The maximum Gasteiger partial charge on any atom is 0.416 e. The largest absolute Gasteiger partial charge is 0.416 e. The van der Waals surface area contributed by atoms with E-state index in [0.29, 0.717) is 17.8 Å². The monoisotopic (exact) mass is 432 g/mol. The molecule has 0 heterocycles. The lowest BCUT2D eigenvalue weighted by molar-refractivity contribution is -0.137. The van der Waals surface area contributed by atoms with Crippen LogP contribution >= 0.6 is 0 Å². The lowest BCUT2D eigenvalue weighted by Gasteiger charge is -2.58. The van der Waals surface area contributed by atoms with Crippen molar-refractivity contribution >= 4 is 0 Å². The Balaban J connectivity index is 1.37. The minimum Gasteiger partial charge on any atom is -0.392 e. The predicted octanol–water partition coefficient (Wildman–Crippen LogP) is 7.19. The highest BCUT2D eigenvalue weighted by Gasteiger charge is 2.56. The molecule has 1 nitrogen and oxygen atoms in total. The van der Waals surface area contributed by atoms with Gasteiger partial charge in [0.25, 0.3) is 0 Å². The predicted molar refractivity (Wildman–Crippen MR) is 116 cm³/mol. The molecule has 0 aliphatic heterocycles. The summed E-state index contributed by atoms with van der Waals surface area (Å²) in [5.41, 5.74) is 2.40. The number of aliphatic hydroxyl groups is 1. The summed E-state index contributed by atoms with van der Waals surface area (Å²) in [4.78, 5) is 0. The third kappa shape index (κ3) is 3.57. The number of hydrogen-bond acceptors (Lipinski definition) is 1. The molecule has 1 aromatic rings. The van der Waals surface area contributed by atoms with E-state index >= 15 is 0 Å². The fraction of sp³-hybridized carbons (Fsp3) is 0.704. The molecule has 3 fully saturated rings. The first kappa shape index (κ1) is 21.6. The van der Waals surface area contributed by atoms with Crippen LogP contribution in [0.5, 0.6) is 0 Å². The number of rotatable bonds is 2. The maximum absolute atomic E-state index is 12.9. The number of benzene rings is 1. The van der Waals surface area contributed by atoms with Crippen LogP contribution in [0.4, 0.5) is 13.2 Å². The van der Waals surface area contributed by atoms with Gasteiger partial charge in [-0.05, 0) is 104 Å². The molecular weight excluding hydrogens is 397 g/mol. The highest BCUT2D eigenvalue weighted by atomic mass is 19.4. The highest BCUT2D eigenvalue weighted by Crippen LogP contribution is 2.65. The molecule has 0 saturated heterocycles. The topological polar surface area (TPSA) is 20.2 Å². The van der Waals surface area contributed by atoms with Crippen LogP contribution in [0.2, 0.25) is 0 Å².